The predicted molar refractivity (Wildman–Crippen MR) is 171 cm³/mol. The molecule has 2 aromatic heterocycles. The van der Waals surface area contributed by atoms with E-state index in [9.17, 15) is 4.79 Å². The minimum absolute atomic E-state index is 0.207. The van der Waals surface area contributed by atoms with E-state index in [-0.39, 0.29) is 24.8 Å². The summed E-state index contributed by atoms with van der Waals surface area (Å²) in [5.41, 5.74) is 2.39. The molecule has 0 radical (unpaired) electrons. The van der Waals surface area contributed by atoms with Crippen LogP contribution in [-0.2, 0) is 6.61 Å². The Bertz CT molecular complexity index is 2140. The molecular weight excluding hydrogens is 650 g/mol. The first kappa shape index (κ1) is 28.0. The minimum atomic E-state index is -0.340. The Morgan fingerprint density at radius 2 is 1.89 bits per heavy atom. The maximum absolute atomic E-state index is 13.7. The number of furan rings is 1. The molecule has 0 atom stereocenters. The third-order valence-corrected chi connectivity index (χ3v) is 7.75. The molecule has 220 valence electrons. The van der Waals surface area contributed by atoms with Gasteiger partial charge in [0.2, 0.25) is 12.6 Å². The maximum Gasteiger partial charge on any atom is 0.282 e. The van der Waals surface area contributed by atoms with Crippen molar-refractivity contribution in [3.8, 4) is 34.6 Å². The number of para-hydroxylation sites is 1. The Morgan fingerprint density at radius 3 is 2.77 bits per heavy atom. The van der Waals surface area contributed by atoms with Crippen molar-refractivity contribution in [1.29, 1.82) is 0 Å². The lowest BCUT2D eigenvalue weighted by atomic mass is 10.2. The zero-order chi connectivity index (χ0) is 30.2. The van der Waals surface area contributed by atoms with Gasteiger partial charge in [0.05, 0.1) is 28.2 Å². The molecule has 0 bridgehead atoms. The molecule has 3 heterocycles. The molecule has 44 heavy (non-hydrogen) atoms. The summed E-state index contributed by atoms with van der Waals surface area (Å²) in [6.07, 6.45) is 1.57. The van der Waals surface area contributed by atoms with Crippen LogP contribution in [0.5, 0.6) is 23.0 Å². The Labute approximate surface area is 264 Å². The van der Waals surface area contributed by atoms with Gasteiger partial charge in [-0.15, -0.1) is 0 Å². The molecule has 0 saturated carbocycles. The van der Waals surface area contributed by atoms with Crippen LogP contribution in [0.15, 0.2) is 97.6 Å². The molecule has 0 saturated heterocycles. The van der Waals surface area contributed by atoms with E-state index < -0.39 is 0 Å². The van der Waals surface area contributed by atoms with Gasteiger partial charge in [-0.3, -0.25) is 4.79 Å². The SMILES string of the molecule is CCOc1cc(C=Nn2c(-c3cc4cc(Cl)ccc4o3)nc3ccccc3c2=O)cc(Br)c1OCc1ccc2c(c1)OCO2. The molecule has 0 unspecified atom stereocenters. The Hall–Kier alpha value is -4.80. The Kier molecular flexibility index (Phi) is 7.45. The fourth-order valence-corrected chi connectivity index (χ4v) is 5.65. The van der Waals surface area contributed by atoms with Gasteiger partial charge < -0.3 is 23.4 Å². The number of hydrogen-bond donors (Lipinski definition) is 0. The van der Waals surface area contributed by atoms with Gasteiger partial charge in [0, 0.05) is 10.4 Å². The summed E-state index contributed by atoms with van der Waals surface area (Å²) in [6, 6.07) is 23.5. The molecular formula is C33H23BrClN3O6. The van der Waals surface area contributed by atoms with Gasteiger partial charge in [-0.1, -0.05) is 29.8 Å². The van der Waals surface area contributed by atoms with Gasteiger partial charge in [-0.25, -0.2) is 4.98 Å². The van der Waals surface area contributed by atoms with E-state index in [2.05, 4.69) is 21.0 Å². The molecule has 0 spiro atoms. The normalized spacial score (nSPS) is 12.4. The van der Waals surface area contributed by atoms with Crippen molar-refractivity contribution >= 4 is 55.6 Å². The van der Waals surface area contributed by atoms with Crippen LogP contribution in [-0.4, -0.2) is 29.3 Å². The largest absolute Gasteiger partial charge is 0.490 e. The number of fused-ring (bicyclic) bond motifs is 3. The van der Waals surface area contributed by atoms with E-state index in [0.29, 0.717) is 66.9 Å². The molecule has 0 aliphatic carbocycles. The monoisotopic (exact) mass is 671 g/mol. The average molecular weight is 673 g/mol. The minimum Gasteiger partial charge on any atom is -0.490 e. The molecule has 1 aliphatic rings. The lowest BCUT2D eigenvalue weighted by Crippen LogP contribution is -2.20. The van der Waals surface area contributed by atoms with E-state index in [1.165, 1.54) is 4.68 Å². The smallest absolute Gasteiger partial charge is 0.282 e. The lowest BCUT2D eigenvalue weighted by Gasteiger charge is -2.15. The standard InChI is InChI=1S/C33H23BrClN3O6/c1-2-40-29-13-20(11-24(34)31(29)41-17-19-7-9-27-28(12-19)43-18-42-27)16-36-38-32(37-25-6-4-3-5-23(25)33(38)39)30-15-21-14-22(35)8-10-26(21)44-30/h3-16H,2,17-18H2,1H3. The molecule has 0 amide bonds. The van der Waals surface area contributed by atoms with E-state index in [1.807, 2.05) is 37.3 Å². The summed E-state index contributed by atoms with van der Waals surface area (Å²) in [5, 5.41) is 6.36. The lowest BCUT2D eigenvalue weighted by molar-refractivity contribution is 0.174. The fourth-order valence-electron chi connectivity index (χ4n) is 4.89. The Morgan fingerprint density at radius 1 is 1.02 bits per heavy atom. The zero-order valence-electron chi connectivity index (χ0n) is 23.3. The number of hydrogen-bond acceptors (Lipinski definition) is 8. The van der Waals surface area contributed by atoms with Crippen molar-refractivity contribution < 1.29 is 23.4 Å². The second-order valence-electron chi connectivity index (χ2n) is 9.85. The third-order valence-electron chi connectivity index (χ3n) is 6.93. The van der Waals surface area contributed by atoms with Crippen LogP contribution in [0.1, 0.15) is 18.1 Å². The highest BCUT2D eigenvalue weighted by atomic mass is 79.9. The van der Waals surface area contributed by atoms with E-state index in [1.54, 1.807) is 54.7 Å². The van der Waals surface area contributed by atoms with E-state index in [0.717, 1.165) is 10.9 Å². The molecule has 1 aliphatic heterocycles. The van der Waals surface area contributed by atoms with Crippen LogP contribution in [0.2, 0.25) is 5.02 Å². The highest BCUT2D eigenvalue weighted by Gasteiger charge is 2.18. The van der Waals surface area contributed by atoms with Crippen LogP contribution in [0.3, 0.4) is 0 Å². The quantitative estimate of drug-likeness (QED) is 0.152. The predicted octanol–water partition coefficient (Wildman–Crippen LogP) is 7.81. The zero-order valence-corrected chi connectivity index (χ0v) is 25.6. The topological polar surface area (TPSA) is 97.3 Å². The molecule has 9 nitrogen and oxygen atoms in total. The first-order valence-electron chi connectivity index (χ1n) is 13.7. The Balaban J connectivity index is 1.25. The van der Waals surface area contributed by atoms with Crippen LogP contribution in [0, 0.1) is 0 Å². The third kappa shape index (κ3) is 5.38. The molecule has 0 fully saturated rings. The van der Waals surface area contributed by atoms with Gasteiger partial charge in [-0.05, 0) is 94.6 Å². The second-order valence-corrected chi connectivity index (χ2v) is 11.1. The number of ether oxygens (including phenoxy) is 4. The number of benzene rings is 4. The van der Waals surface area contributed by atoms with Gasteiger partial charge in [0.25, 0.3) is 5.56 Å². The van der Waals surface area contributed by atoms with Gasteiger partial charge >= 0.3 is 0 Å². The summed E-state index contributed by atoms with van der Waals surface area (Å²) in [7, 11) is 0. The van der Waals surface area contributed by atoms with Crippen molar-refractivity contribution in [2.75, 3.05) is 13.4 Å². The summed E-state index contributed by atoms with van der Waals surface area (Å²) in [6.45, 7) is 2.80. The second kappa shape index (κ2) is 11.7. The fraction of sp³-hybridized carbons (Fsp3) is 0.121. The van der Waals surface area contributed by atoms with Crippen molar-refractivity contribution in [3.05, 3.63) is 110 Å². The summed E-state index contributed by atoms with van der Waals surface area (Å²) >= 11 is 9.81. The molecule has 11 heteroatoms. The van der Waals surface area contributed by atoms with Gasteiger partial charge in [-0.2, -0.15) is 9.78 Å². The first-order valence-corrected chi connectivity index (χ1v) is 14.9. The summed E-state index contributed by atoms with van der Waals surface area (Å²) in [5.74, 6) is 3.08. The maximum atomic E-state index is 13.7. The first-order chi connectivity index (χ1) is 21.5. The van der Waals surface area contributed by atoms with Crippen LogP contribution in [0.25, 0.3) is 33.5 Å². The van der Waals surface area contributed by atoms with Crippen molar-refractivity contribution in [3.63, 3.8) is 0 Å². The van der Waals surface area contributed by atoms with Gasteiger partial charge in [0.15, 0.2) is 28.8 Å². The number of halogens is 2. The highest BCUT2D eigenvalue weighted by Crippen LogP contribution is 2.38. The van der Waals surface area contributed by atoms with E-state index >= 15 is 0 Å². The van der Waals surface area contributed by atoms with Crippen LogP contribution >= 0.6 is 27.5 Å². The summed E-state index contributed by atoms with van der Waals surface area (Å²) < 4.78 is 30.9. The van der Waals surface area contributed by atoms with Crippen molar-refractivity contribution in [1.82, 2.24) is 9.66 Å². The van der Waals surface area contributed by atoms with Gasteiger partial charge in [0.1, 0.15) is 12.2 Å². The molecule has 6 aromatic rings. The van der Waals surface area contributed by atoms with E-state index in [4.69, 9.17) is 39.9 Å². The molecule has 4 aromatic carbocycles. The molecule has 0 N–H and O–H groups in total. The number of rotatable bonds is 8. The van der Waals surface area contributed by atoms with Crippen molar-refractivity contribution in [2.24, 2.45) is 5.10 Å². The van der Waals surface area contributed by atoms with Crippen LogP contribution < -0.4 is 24.5 Å². The number of nitrogens with zero attached hydrogens (tertiary/aromatic N) is 3. The van der Waals surface area contributed by atoms with Crippen molar-refractivity contribution in [2.45, 2.75) is 13.5 Å². The summed E-state index contributed by atoms with van der Waals surface area (Å²) in [4.78, 5) is 18.4. The van der Waals surface area contributed by atoms with Crippen LogP contribution in [0.4, 0.5) is 0 Å². The number of aromatic nitrogens is 2. The average Bonchev–Trinajstić information content (AvgIpc) is 3.67. The molecule has 7 rings (SSSR count). The highest BCUT2D eigenvalue weighted by molar-refractivity contribution is 9.10.